The highest BCUT2D eigenvalue weighted by Crippen LogP contribution is 2.61. The molecule has 4 aliphatic rings. The Morgan fingerprint density at radius 3 is 2.88 bits per heavy atom. The highest BCUT2D eigenvalue weighted by molar-refractivity contribution is 5.74. The maximum atomic E-state index is 12.4. The van der Waals surface area contributed by atoms with Gasteiger partial charge in [-0.3, -0.25) is 9.69 Å². The Morgan fingerprint density at radius 2 is 2.15 bits per heavy atom. The highest BCUT2D eigenvalue weighted by Gasteiger charge is 2.68. The topological polar surface area (TPSA) is 49.8 Å². The number of carbonyl (C=O) groups is 1. The van der Waals surface area contributed by atoms with Crippen LogP contribution in [0, 0.1) is 18.8 Å². The molecule has 5 rings (SSSR count). The number of aryl methyl sites for hydroxylation is 1. The first-order valence-electron chi connectivity index (χ1n) is 10.1. The van der Waals surface area contributed by atoms with Gasteiger partial charge in [0.15, 0.2) is 0 Å². The standard InChI is InChI=1S/C22H29NO3/c1-14-3-6-16-10-19-22(25)12-17(20(24)26-2)11-21(22,18(16)9-14)7-8-23(19)13-15-4-5-15/h3,6,9,15,17,19,25H,4-5,7-8,10-13H2,1-2H3/t17?,19-,21-,22-/m1/s1. The summed E-state index contributed by atoms with van der Waals surface area (Å²) >= 11 is 0. The second-order valence-electron chi connectivity index (χ2n) is 9.20. The van der Waals surface area contributed by atoms with Gasteiger partial charge in [-0.15, -0.1) is 0 Å². The smallest absolute Gasteiger partial charge is 0.308 e. The van der Waals surface area contributed by atoms with Crippen LogP contribution in [0.2, 0.25) is 0 Å². The number of hydrogen-bond donors (Lipinski definition) is 1. The summed E-state index contributed by atoms with van der Waals surface area (Å²) in [6.07, 6.45) is 5.76. The van der Waals surface area contributed by atoms with E-state index >= 15 is 0 Å². The Morgan fingerprint density at radius 1 is 1.35 bits per heavy atom. The van der Waals surface area contributed by atoms with E-state index in [9.17, 15) is 9.90 Å². The molecular weight excluding hydrogens is 326 g/mol. The fourth-order valence-corrected chi connectivity index (χ4v) is 6.29. The number of ether oxygens (including phenoxy) is 1. The molecule has 2 bridgehead atoms. The fourth-order valence-electron chi connectivity index (χ4n) is 6.29. The van der Waals surface area contributed by atoms with Crippen LogP contribution in [0.3, 0.4) is 0 Å². The Bertz CT molecular complexity index is 758. The lowest BCUT2D eigenvalue weighted by atomic mass is 9.56. The van der Waals surface area contributed by atoms with Crippen LogP contribution in [0.5, 0.6) is 0 Å². The van der Waals surface area contributed by atoms with Gasteiger partial charge in [0.1, 0.15) is 0 Å². The van der Waals surface area contributed by atoms with Crippen molar-refractivity contribution in [2.45, 2.75) is 62.5 Å². The number of esters is 1. The van der Waals surface area contributed by atoms with Crippen LogP contribution < -0.4 is 0 Å². The molecule has 1 unspecified atom stereocenters. The summed E-state index contributed by atoms with van der Waals surface area (Å²) in [4.78, 5) is 14.9. The predicted octanol–water partition coefficient (Wildman–Crippen LogP) is 2.59. The largest absolute Gasteiger partial charge is 0.469 e. The third-order valence-corrected chi connectivity index (χ3v) is 7.72. The number of benzene rings is 1. The second kappa shape index (κ2) is 5.56. The Labute approximate surface area is 155 Å². The molecule has 1 aromatic carbocycles. The molecule has 4 heteroatoms. The van der Waals surface area contributed by atoms with Crippen molar-refractivity contribution >= 4 is 5.97 Å². The monoisotopic (exact) mass is 355 g/mol. The molecule has 4 nitrogen and oxygen atoms in total. The molecular formula is C22H29NO3. The first kappa shape index (κ1) is 16.8. The van der Waals surface area contributed by atoms with E-state index in [4.69, 9.17) is 4.74 Å². The van der Waals surface area contributed by atoms with E-state index in [2.05, 4.69) is 30.0 Å². The molecule has 0 aromatic heterocycles. The van der Waals surface area contributed by atoms with Gasteiger partial charge >= 0.3 is 5.97 Å². The summed E-state index contributed by atoms with van der Waals surface area (Å²) in [5.74, 6) is 0.457. The molecule has 1 N–H and O–H groups in total. The molecule has 1 aliphatic heterocycles. The number of fused-ring (bicyclic) bond motifs is 1. The number of hydrogen-bond acceptors (Lipinski definition) is 4. The zero-order valence-corrected chi connectivity index (χ0v) is 15.8. The predicted molar refractivity (Wildman–Crippen MR) is 99.0 cm³/mol. The van der Waals surface area contributed by atoms with Crippen molar-refractivity contribution in [1.82, 2.24) is 4.90 Å². The van der Waals surface area contributed by atoms with E-state index in [1.807, 2.05) is 0 Å². The molecule has 3 fully saturated rings. The summed E-state index contributed by atoms with van der Waals surface area (Å²) in [5.41, 5.74) is 2.79. The lowest BCUT2D eigenvalue weighted by Gasteiger charge is -2.59. The van der Waals surface area contributed by atoms with Crippen LogP contribution in [-0.4, -0.2) is 47.8 Å². The number of nitrogens with zero attached hydrogens (tertiary/aromatic N) is 1. The number of likely N-dealkylation sites (tertiary alicyclic amines) is 1. The van der Waals surface area contributed by atoms with Crippen molar-refractivity contribution in [3.05, 3.63) is 34.9 Å². The third kappa shape index (κ3) is 2.18. The van der Waals surface area contributed by atoms with E-state index in [0.717, 1.165) is 38.3 Å². The number of aliphatic hydroxyl groups is 1. The van der Waals surface area contributed by atoms with Gasteiger partial charge in [-0.1, -0.05) is 23.8 Å². The maximum absolute atomic E-state index is 12.4. The van der Waals surface area contributed by atoms with Crippen LogP contribution in [0.15, 0.2) is 18.2 Å². The average Bonchev–Trinajstić information content (AvgIpc) is 3.37. The van der Waals surface area contributed by atoms with E-state index in [1.54, 1.807) is 0 Å². The second-order valence-corrected chi connectivity index (χ2v) is 9.20. The lowest BCUT2D eigenvalue weighted by molar-refractivity contribution is -0.147. The number of methoxy groups -OCH3 is 1. The van der Waals surface area contributed by atoms with Gasteiger partial charge in [0, 0.05) is 18.0 Å². The number of carbonyl (C=O) groups excluding carboxylic acids is 1. The molecule has 4 atom stereocenters. The van der Waals surface area contributed by atoms with Gasteiger partial charge in [-0.25, -0.2) is 0 Å². The molecule has 0 amide bonds. The Balaban J connectivity index is 1.62. The van der Waals surface area contributed by atoms with Crippen molar-refractivity contribution < 1.29 is 14.6 Å². The van der Waals surface area contributed by atoms with Gasteiger partial charge in [-0.05, 0) is 69.0 Å². The molecule has 3 aliphatic carbocycles. The zero-order valence-electron chi connectivity index (χ0n) is 15.8. The molecule has 2 saturated carbocycles. The van der Waals surface area contributed by atoms with Gasteiger partial charge in [-0.2, -0.15) is 0 Å². The number of piperidine rings is 1. The quantitative estimate of drug-likeness (QED) is 0.847. The molecule has 1 saturated heterocycles. The van der Waals surface area contributed by atoms with Crippen molar-refractivity contribution in [2.24, 2.45) is 11.8 Å². The van der Waals surface area contributed by atoms with Crippen molar-refractivity contribution in [3.63, 3.8) is 0 Å². The molecule has 0 radical (unpaired) electrons. The SMILES string of the molecule is COC(=O)C1C[C@]23CCN(CC4CC4)[C@H](Cc4ccc(C)cc42)[C@]3(O)C1. The van der Waals surface area contributed by atoms with E-state index in [-0.39, 0.29) is 23.3 Å². The molecule has 0 spiro atoms. The molecule has 1 aromatic rings. The van der Waals surface area contributed by atoms with Crippen molar-refractivity contribution in [2.75, 3.05) is 20.2 Å². The summed E-state index contributed by atoms with van der Waals surface area (Å²) < 4.78 is 5.08. The van der Waals surface area contributed by atoms with E-state index in [1.165, 1.54) is 36.6 Å². The molecule has 1 heterocycles. The van der Waals surface area contributed by atoms with Gasteiger partial charge in [0.05, 0.1) is 18.6 Å². The van der Waals surface area contributed by atoms with Crippen LogP contribution in [0.25, 0.3) is 0 Å². The maximum Gasteiger partial charge on any atom is 0.308 e. The first-order chi connectivity index (χ1) is 12.5. The van der Waals surface area contributed by atoms with Gasteiger partial charge < -0.3 is 9.84 Å². The Hall–Kier alpha value is -1.39. The number of rotatable bonds is 3. The fraction of sp³-hybridized carbons (Fsp3) is 0.682. The Kier molecular flexibility index (Phi) is 3.58. The minimum absolute atomic E-state index is 0.127. The minimum atomic E-state index is -0.820. The van der Waals surface area contributed by atoms with Crippen LogP contribution >= 0.6 is 0 Å². The third-order valence-electron chi connectivity index (χ3n) is 7.72. The van der Waals surface area contributed by atoms with E-state index < -0.39 is 5.60 Å². The molecule has 140 valence electrons. The zero-order chi connectivity index (χ0) is 18.1. The van der Waals surface area contributed by atoms with Crippen LogP contribution in [0.1, 0.15) is 48.8 Å². The summed E-state index contributed by atoms with van der Waals surface area (Å²) in [6, 6.07) is 6.84. The van der Waals surface area contributed by atoms with Crippen LogP contribution in [0.4, 0.5) is 0 Å². The van der Waals surface area contributed by atoms with Crippen molar-refractivity contribution in [1.29, 1.82) is 0 Å². The van der Waals surface area contributed by atoms with E-state index in [0.29, 0.717) is 6.42 Å². The average molecular weight is 355 g/mol. The summed E-state index contributed by atoms with van der Waals surface area (Å²) in [6.45, 7) is 4.26. The van der Waals surface area contributed by atoms with Gasteiger partial charge in [0.25, 0.3) is 0 Å². The van der Waals surface area contributed by atoms with Crippen molar-refractivity contribution in [3.8, 4) is 0 Å². The lowest BCUT2D eigenvalue weighted by Crippen LogP contribution is -2.69. The van der Waals surface area contributed by atoms with Crippen LogP contribution in [-0.2, 0) is 21.4 Å². The summed E-state index contributed by atoms with van der Waals surface area (Å²) in [5, 5.41) is 12.1. The summed E-state index contributed by atoms with van der Waals surface area (Å²) in [7, 11) is 1.47. The first-order valence-corrected chi connectivity index (χ1v) is 10.1. The molecule has 26 heavy (non-hydrogen) atoms. The van der Waals surface area contributed by atoms with Gasteiger partial charge in [0.2, 0.25) is 0 Å². The normalized spacial score (nSPS) is 38.6. The minimum Gasteiger partial charge on any atom is -0.469 e. The highest BCUT2D eigenvalue weighted by atomic mass is 16.5.